The van der Waals surface area contributed by atoms with Crippen LogP contribution in [0, 0.1) is 12.8 Å². The molecule has 20 heavy (non-hydrogen) atoms. The smallest absolute Gasteiger partial charge is 0.0555 e. The van der Waals surface area contributed by atoms with E-state index in [1.54, 1.807) is 0 Å². The van der Waals surface area contributed by atoms with Gasteiger partial charge in [-0.15, -0.1) is 0 Å². The number of allylic oxidation sites excluding steroid dienone is 2. The lowest BCUT2D eigenvalue weighted by Gasteiger charge is -2.37. The average Bonchev–Trinajstić information content (AvgIpc) is 2.97. The van der Waals surface area contributed by atoms with Gasteiger partial charge in [-0.25, -0.2) is 0 Å². The van der Waals surface area contributed by atoms with Gasteiger partial charge in [0, 0.05) is 24.0 Å². The summed E-state index contributed by atoms with van der Waals surface area (Å²) in [7, 11) is 0. The molecule has 0 saturated carbocycles. The van der Waals surface area contributed by atoms with Crippen molar-refractivity contribution in [1.82, 2.24) is 4.98 Å². The molecule has 0 fully saturated rings. The Labute approximate surface area is 119 Å². The highest BCUT2D eigenvalue weighted by atomic mass is 15.0. The monoisotopic (exact) mass is 262 g/mol. The minimum atomic E-state index is 0.383. The van der Waals surface area contributed by atoms with Crippen LogP contribution in [0.4, 0.5) is 5.69 Å². The largest absolute Gasteiger partial charge is 0.378 e. The summed E-state index contributed by atoms with van der Waals surface area (Å²) in [6.45, 7) is 2.17. The maximum atomic E-state index is 4.14. The molecule has 1 aromatic heterocycles. The molecule has 3 atom stereocenters. The quantitative estimate of drug-likeness (QED) is 0.778. The molecule has 100 valence electrons. The minimum Gasteiger partial charge on any atom is -0.378 e. The summed E-state index contributed by atoms with van der Waals surface area (Å²) >= 11 is 0. The lowest BCUT2D eigenvalue weighted by molar-refractivity contribution is 0.425. The molecule has 0 bridgehead atoms. The highest BCUT2D eigenvalue weighted by Gasteiger charge is 2.37. The SMILES string of the molecule is Cc1ccc2c(c1)[C@H]1C=CC[C@H]1[C@H](c1ccncc1)N2. The Balaban J connectivity index is 1.80. The predicted octanol–water partition coefficient (Wildman–Crippen LogP) is 4.22. The Hall–Kier alpha value is -2.09. The topological polar surface area (TPSA) is 24.9 Å². The van der Waals surface area contributed by atoms with Crippen LogP contribution in [0.5, 0.6) is 0 Å². The molecule has 2 aliphatic rings. The van der Waals surface area contributed by atoms with E-state index in [2.05, 4.69) is 59.7 Å². The maximum Gasteiger partial charge on any atom is 0.0555 e. The van der Waals surface area contributed by atoms with E-state index in [0.29, 0.717) is 17.9 Å². The normalized spacial score (nSPS) is 26.8. The molecule has 0 unspecified atom stereocenters. The number of nitrogens with zero attached hydrogens (tertiary/aromatic N) is 1. The van der Waals surface area contributed by atoms with E-state index >= 15 is 0 Å². The average molecular weight is 262 g/mol. The first kappa shape index (κ1) is 11.7. The zero-order valence-electron chi connectivity index (χ0n) is 11.6. The van der Waals surface area contributed by atoms with E-state index < -0.39 is 0 Å². The zero-order chi connectivity index (χ0) is 13.5. The number of aromatic nitrogens is 1. The van der Waals surface area contributed by atoms with E-state index in [1.165, 1.54) is 22.4 Å². The summed E-state index contributed by atoms with van der Waals surface area (Å²) in [5.74, 6) is 1.16. The van der Waals surface area contributed by atoms with Crippen molar-refractivity contribution < 1.29 is 0 Å². The second-order valence-electron chi connectivity index (χ2n) is 5.85. The summed E-state index contributed by atoms with van der Waals surface area (Å²) in [6.07, 6.45) is 9.65. The number of benzene rings is 1. The molecule has 4 rings (SSSR count). The second kappa shape index (κ2) is 4.48. The van der Waals surface area contributed by atoms with Crippen molar-refractivity contribution in [2.45, 2.75) is 25.3 Å². The third kappa shape index (κ3) is 1.75. The number of hydrogen-bond acceptors (Lipinski definition) is 2. The van der Waals surface area contributed by atoms with Crippen molar-refractivity contribution in [1.29, 1.82) is 0 Å². The molecular weight excluding hydrogens is 244 g/mol. The van der Waals surface area contributed by atoms with Crippen LogP contribution in [0.1, 0.15) is 35.1 Å². The summed E-state index contributed by atoms with van der Waals surface area (Å²) in [6, 6.07) is 11.4. The Bertz CT molecular complexity index is 660. The second-order valence-corrected chi connectivity index (χ2v) is 5.85. The highest BCUT2D eigenvalue weighted by Crippen LogP contribution is 2.49. The molecule has 2 heterocycles. The number of pyridine rings is 1. The summed E-state index contributed by atoms with van der Waals surface area (Å²) in [5, 5.41) is 3.74. The van der Waals surface area contributed by atoms with Gasteiger partial charge in [0.25, 0.3) is 0 Å². The van der Waals surface area contributed by atoms with Crippen LogP contribution >= 0.6 is 0 Å². The fourth-order valence-electron chi connectivity index (χ4n) is 3.61. The third-order valence-electron chi connectivity index (χ3n) is 4.58. The van der Waals surface area contributed by atoms with Crippen LogP contribution < -0.4 is 5.32 Å². The number of anilines is 1. The van der Waals surface area contributed by atoms with Crippen molar-refractivity contribution >= 4 is 5.69 Å². The Morgan fingerprint density at radius 2 is 2.00 bits per heavy atom. The van der Waals surface area contributed by atoms with E-state index in [9.17, 15) is 0 Å². The molecule has 2 aromatic rings. The van der Waals surface area contributed by atoms with Crippen LogP contribution in [0.15, 0.2) is 54.9 Å². The van der Waals surface area contributed by atoms with Crippen LogP contribution in [-0.2, 0) is 0 Å². The predicted molar refractivity (Wildman–Crippen MR) is 81.8 cm³/mol. The molecule has 2 heteroatoms. The molecule has 0 spiro atoms. The number of aryl methyl sites for hydroxylation is 1. The van der Waals surface area contributed by atoms with Gasteiger partial charge in [0.15, 0.2) is 0 Å². The highest BCUT2D eigenvalue weighted by molar-refractivity contribution is 5.60. The molecule has 1 N–H and O–H groups in total. The first-order chi connectivity index (χ1) is 9.83. The first-order valence-electron chi connectivity index (χ1n) is 7.26. The fraction of sp³-hybridized carbons (Fsp3) is 0.278. The van der Waals surface area contributed by atoms with Gasteiger partial charge in [0.2, 0.25) is 0 Å². The molecular formula is C18H18N2. The molecule has 2 nitrogen and oxygen atoms in total. The van der Waals surface area contributed by atoms with Crippen molar-refractivity contribution in [2.75, 3.05) is 5.32 Å². The van der Waals surface area contributed by atoms with Gasteiger partial charge < -0.3 is 5.32 Å². The lowest BCUT2D eigenvalue weighted by atomic mass is 9.77. The van der Waals surface area contributed by atoms with Gasteiger partial charge in [-0.3, -0.25) is 4.98 Å². The zero-order valence-corrected chi connectivity index (χ0v) is 11.6. The first-order valence-corrected chi connectivity index (χ1v) is 7.26. The van der Waals surface area contributed by atoms with Crippen molar-refractivity contribution in [3.8, 4) is 0 Å². The van der Waals surface area contributed by atoms with Gasteiger partial charge in [-0.2, -0.15) is 0 Å². The van der Waals surface area contributed by atoms with Crippen LogP contribution in [-0.4, -0.2) is 4.98 Å². The van der Waals surface area contributed by atoms with Gasteiger partial charge in [0.05, 0.1) is 6.04 Å². The van der Waals surface area contributed by atoms with Crippen LogP contribution in [0.25, 0.3) is 0 Å². The van der Waals surface area contributed by atoms with Gasteiger partial charge >= 0.3 is 0 Å². The summed E-state index contributed by atoms with van der Waals surface area (Å²) < 4.78 is 0. The molecule has 0 amide bonds. The van der Waals surface area contributed by atoms with Crippen molar-refractivity contribution in [3.05, 3.63) is 71.6 Å². The van der Waals surface area contributed by atoms with Gasteiger partial charge in [0.1, 0.15) is 0 Å². The number of hydrogen-bond donors (Lipinski definition) is 1. The number of fused-ring (bicyclic) bond motifs is 3. The van der Waals surface area contributed by atoms with E-state index in [1.807, 2.05) is 12.4 Å². The minimum absolute atomic E-state index is 0.383. The molecule has 0 radical (unpaired) electrons. The molecule has 0 saturated heterocycles. The van der Waals surface area contributed by atoms with Gasteiger partial charge in [-0.1, -0.05) is 29.8 Å². The fourth-order valence-corrected chi connectivity index (χ4v) is 3.61. The Morgan fingerprint density at radius 1 is 1.15 bits per heavy atom. The van der Waals surface area contributed by atoms with E-state index in [0.717, 1.165) is 6.42 Å². The van der Waals surface area contributed by atoms with Gasteiger partial charge in [-0.05, 0) is 48.6 Å². The molecule has 1 aromatic carbocycles. The summed E-state index contributed by atoms with van der Waals surface area (Å²) in [5.41, 5.74) is 5.41. The third-order valence-corrected chi connectivity index (χ3v) is 4.58. The number of nitrogens with one attached hydrogen (secondary N) is 1. The van der Waals surface area contributed by atoms with Crippen LogP contribution in [0.3, 0.4) is 0 Å². The lowest BCUT2D eigenvalue weighted by Crippen LogP contribution is -2.29. The Morgan fingerprint density at radius 3 is 2.85 bits per heavy atom. The number of rotatable bonds is 1. The standard InChI is InChI=1S/C18H18N2/c1-12-5-6-17-16(11-12)14-3-2-4-15(14)18(20-17)13-7-9-19-10-8-13/h2-3,5-11,14-15,18,20H,4H2,1H3/t14-,15+,18-/m0/s1. The van der Waals surface area contributed by atoms with Crippen molar-refractivity contribution in [3.63, 3.8) is 0 Å². The molecule has 1 aliphatic heterocycles. The Kier molecular flexibility index (Phi) is 2.62. The van der Waals surface area contributed by atoms with Crippen LogP contribution in [0.2, 0.25) is 0 Å². The summed E-state index contributed by atoms with van der Waals surface area (Å²) in [4.78, 5) is 4.14. The van der Waals surface area contributed by atoms with E-state index in [4.69, 9.17) is 0 Å². The van der Waals surface area contributed by atoms with Crippen molar-refractivity contribution in [2.24, 2.45) is 5.92 Å². The molecule has 1 aliphatic carbocycles. The maximum absolute atomic E-state index is 4.14. The van der Waals surface area contributed by atoms with E-state index in [-0.39, 0.29) is 0 Å².